The van der Waals surface area contributed by atoms with Crippen LogP contribution in [0.1, 0.15) is 4.88 Å². The minimum atomic E-state index is -0.0636. The van der Waals surface area contributed by atoms with Crippen molar-refractivity contribution < 1.29 is 9.53 Å². The minimum Gasteiger partial charge on any atom is -0.497 e. The molecule has 27 heavy (non-hydrogen) atoms. The van der Waals surface area contributed by atoms with Gasteiger partial charge in [0, 0.05) is 24.0 Å². The van der Waals surface area contributed by atoms with Gasteiger partial charge in [0.05, 0.1) is 17.3 Å². The van der Waals surface area contributed by atoms with Crippen LogP contribution in [0.2, 0.25) is 0 Å². The Labute approximate surface area is 173 Å². The number of benzene rings is 1. The van der Waals surface area contributed by atoms with E-state index in [2.05, 4.69) is 9.88 Å². The number of hydrogen-bond donors (Lipinski definition) is 0. The van der Waals surface area contributed by atoms with Crippen LogP contribution in [-0.4, -0.2) is 50.1 Å². The van der Waals surface area contributed by atoms with Crippen LogP contribution in [0.4, 0.5) is 5.13 Å². The number of hydrogen-bond acceptors (Lipinski definition) is 6. The lowest BCUT2D eigenvalue weighted by molar-refractivity contribution is -0.114. The average molecular weight is 424 g/mol. The second-order valence-corrected chi connectivity index (χ2v) is 7.96. The zero-order valence-corrected chi connectivity index (χ0v) is 17.9. The highest BCUT2D eigenvalue weighted by Gasteiger charge is 2.18. The maximum Gasteiger partial charge on any atom is 0.252 e. The fourth-order valence-electron chi connectivity index (χ4n) is 2.36. The Morgan fingerprint density at radius 3 is 2.74 bits per heavy atom. The van der Waals surface area contributed by atoms with Crippen molar-refractivity contribution in [3.05, 3.63) is 46.7 Å². The summed E-state index contributed by atoms with van der Waals surface area (Å²) in [5.74, 6) is 0.725. The third kappa shape index (κ3) is 5.52. The number of anilines is 1. The number of halogens is 1. The van der Waals surface area contributed by atoms with Crippen molar-refractivity contribution in [2.75, 3.05) is 39.2 Å². The molecule has 0 radical (unpaired) electrons. The Bertz CT molecular complexity index is 907. The Morgan fingerprint density at radius 2 is 2.07 bits per heavy atom. The predicted molar refractivity (Wildman–Crippen MR) is 118 cm³/mol. The van der Waals surface area contributed by atoms with Gasteiger partial charge in [-0.2, -0.15) is 0 Å². The number of methoxy groups -OCH3 is 1. The third-order valence-electron chi connectivity index (χ3n) is 3.79. The zero-order chi connectivity index (χ0) is 18.5. The van der Waals surface area contributed by atoms with Gasteiger partial charge in [-0.05, 0) is 49.8 Å². The second kappa shape index (κ2) is 9.85. The topological polar surface area (TPSA) is 45.7 Å². The third-order valence-corrected chi connectivity index (χ3v) is 5.66. The fraction of sp³-hybridized carbons (Fsp3) is 0.263. The van der Waals surface area contributed by atoms with Gasteiger partial charge >= 0.3 is 0 Å². The number of carbonyl (C=O) groups excluding carboxylic acids is 1. The van der Waals surface area contributed by atoms with E-state index in [4.69, 9.17) is 4.74 Å². The van der Waals surface area contributed by atoms with Crippen molar-refractivity contribution in [3.8, 4) is 5.75 Å². The lowest BCUT2D eigenvalue weighted by atomic mass is 10.3. The molecule has 5 nitrogen and oxygen atoms in total. The number of likely N-dealkylation sites (N-methyl/N-ethyl adjacent to an activating group) is 1. The first-order valence-corrected chi connectivity index (χ1v) is 9.89. The summed E-state index contributed by atoms with van der Waals surface area (Å²) in [5.41, 5.74) is 0.871. The molecular weight excluding hydrogens is 402 g/mol. The van der Waals surface area contributed by atoms with Crippen molar-refractivity contribution in [1.29, 1.82) is 0 Å². The quantitative estimate of drug-likeness (QED) is 0.528. The standard InChI is InChI=1S/C19H21N3O2S2.ClH/c1-21(2)10-11-22(18(23)9-7-15-5-4-12-25-15)19-20-16-8-6-14(24-3)13-17(16)26-19;/h4-9,12-13H,10-11H2,1-3H3;1H. The normalized spacial score (nSPS) is 11.1. The van der Waals surface area contributed by atoms with Gasteiger partial charge in [0.2, 0.25) is 0 Å². The first-order valence-electron chi connectivity index (χ1n) is 8.19. The van der Waals surface area contributed by atoms with E-state index in [1.54, 1.807) is 29.4 Å². The van der Waals surface area contributed by atoms with Gasteiger partial charge in [0.25, 0.3) is 5.91 Å². The molecule has 0 unspecified atom stereocenters. The van der Waals surface area contributed by atoms with Crippen LogP contribution in [0.25, 0.3) is 16.3 Å². The molecule has 0 bridgehead atoms. The molecule has 0 N–H and O–H groups in total. The molecule has 0 saturated heterocycles. The average Bonchev–Trinajstić information content (AvgIpc) is 3.28. The molecule has 3 rings (SSSR count). The lowest BCUT2D eigenvalue weighted by Gasteiger charge is -2.20. The van der Waals surface area contributed by atoms with Crippen LogP contribution in [-0.2, 0) is 4.79 Å². The number of rotatable bonds is 7. The van der Waals surface area contributed by atoms with E-state index in [9.17, 15) is 4.79 Å². The van der Waals surface area contributed by atoms with Gasteiger partial charge in [0.1, 0.15) is 5.75 Å². The summed E-state index contributed by atoms with van der Waals surface area (Å²) in [6.07, 6.45) is 3.47. The fourth-order valence-corrected chi connectivity index (χ4v) is 4.01. The van der Waals surface area contributed by atoms with Gasteiger partial charge in [-0.25, -0.2) is 4.98 Å². The van der Waals surface area contributed by atoms with Crippen LogP contribution in [0.3, 0.4) is 0 Å². The molecule has 2 heterocycles. The number of ether oxygens (including phenoxy) is 1. The molecule has 0 aliphatic heterocycles. The van der Waals surface area contributed by atoms with E-state index in [1.165, 1.54) is 11.3 Å². The van der Waals surface area contributed by atoms with Crippen LogP contribution in [0.5, 0.6) is 5.75 Å². The number of nitrogens with zero attached hydrogens (tertiary/aromatic N) is 3. The number of amides is 1. The summed E-state index contributed by atoms with van der Waals surface area (Å²) in [4.78, 5) is 22.3. The molecule has 0 fully saturated rings. The summed E-state index contributed by atoms with van der Waals surface area (Å²) < 4.78 is 6.28. The number of thiophene rings is 1. The van der Waals surface area contributed by atoms with Crippen LogP contribution in [0.15, 0.2) is 41.8 Å². The number of fused-ring (bicyclic) bond motifs is 1. The zero-order valence-electron chi connectivity index (χ0n) is 15.4. The van der Waals surface area contributed by atoms with Crippen molar-refractivity contribution in [1.82, 2.24) is 9.88 Å². The van der Waals surface area contributed by atoms with E-state index in [0.29, 0.717) is 11.7 Å². The van der Waals surface area contributed by atoms with E-state index in [0.717, 1.165) is 27.4 Å². The van der Waals surface area contributed by atoms with Gasteiger partial charge in [0.15, 0.2) is 5.13 Å². The molecular formula is C19H22ClN3O2S2. The Kier molecular flexibility index (Phi) is 7.79. The number of thiazole rings is 1. The molecule has 144 valence electrons. The van der Waals surface area contributed by atoms with E-state index >= 15 is 0 Å². The maximum absolute atomic E-state index is 12.8. The minimum absolute atomic E-state index is 0. The van der Waals surface area contributed by atoms with E-state index in [1.807, 2.05) is 55.9 Å². The largest absolute Gasteiger partial charge is 0.497 e. The molecule has 0 spiro atoms. The molecule has 0 saturated carbocycles. The van der Waals surface area contributed by atoms with Crippen molar-refractivity contribution >= 4 is 62.4 Å². The molecule has 0 atom stereocenters. The van der Waals surface area contributed by atoms with Crippen molar-refractivity contribution in [3.63, 3.8) is 0 Å². The van der Waals surface area contributed by atoms with Crippen LogP contribution < -0.4 is 9.64 Å². The number of aromatic nitrogens is 1. The summed E-state index contributed by atoms with van der Waals surface area (Å²) in [7, 11) is 5.63. The molecule has 0 aliphatic rings. The highest BCUT2D eigenvalue weighted by molar-refractivity contribution is 7.22. The molecule has 8 heteroatoms. The maximum atomic E-state index is 12.8. The molecule has 3 aromatic rings. The Morgan fingerprint density at radius 1 is 1.26 bits per heavy atom. The Balaban J connectivity index is 0.00000261. The van der Waals surface area contributed by atoms with Crippen molar-refractivity contribution in [2.24, 2.45) is 0 Å². The van der Waals surface area contributed by atoms with Gasteiger partial charge in [-0.15, -0.1) is 23.7 Å². The molecule has 0 aliphatic carbocycles. The summed E-state index contributed by atoms with van der Waals surface area (Å²) in [6, 6.07) is 9.72. The predicted octanol–water partition coefficient (Wildman–Crippen LogP) is 4.40. The van der Waals surface area contributed by atoms with E-state index < -0.39 is 0 Å². The second-order valence-electron chi connectivity index (χ2n) is 5.97. The monoisotopic (exact) mass is 423 g/mol. The number of carbonyl (C=O) groups is 1. The van der Waals surface area contributed by atoms with E-state index in [-0.39, 0.29) is 18.3 Å². The Hall–Kier alpha value is -1.93. The lowest BCUT2D eigenvalue weighted by Crippen LogP contribution is -2.35. The first-order chi connectivity index (χ1) is 12.6. The van der Waals surface area contributed by atoms with Gasteiger partial charge in [-0.3, -0.25) is 9.69 Å². The van der Waals surface area contributed by atoms with Crippen molar-refractivity contribution in [2.45, 2.75) is 0 Å². The smallest absolute Gasteiger partial charge is 0.252 e. The van der Waals surface area contributed by atoms with Gasteiger partial charge in [-0.1, -0.05) is 17.4 Å². The van der Waals surface area contributed by atoms with Gasteiger partial charge < -0.3 is 9.64 Å². The molecule has 1 aromatic carbocycles. The molecule has 1 amide bonds. The highest BCUT2D eigenvalue weighted by Crippen LogP contribution is 2.31. The molecule has 2 aromatic heterocycles. The van der Waals surface area contributed by atoms with Crippen LogP contribution in [0, 0.1) is 0 Å². The summed E-state index contributed by atoms with van der Waals surface area (Å²) >= 11 is 3.11. The highest BCUT2D eigenvalue weighted by atomic mass is 35.5. The summed E-state index contributed by atoms with van der Waals surface area (Å²) in [5, 5.41) is 2.70. The SMILES string of the molecule is COc1ccc2nc(N(CCN(C)C)C(=O)C=Cc3cccs3)sc2c1.Cl. The summed E-state index contributed by atoms with van der Waals surface area (Å²) in [6.45, 7) is 1.34. The van der Waals surface area contributed by atoms with Crippen LogP contribution >= 0.6 is 35.1 Å². The first kappa shape index (κ1) is 21.4.